The molecule has 0 spiro atoms. The molecule has 6 heteroatoms. The Labute approximate surface area is 107 Å². The highest BCUT2D eigenvalue weighted by molar-refractivity contribution is 7.99. The molecule has 1 rings (SSSR count). The maximum Gasteiger partial charge on any atom is 0.338 e. The molecule has 98 valence electrons. The Bertz CT molecular complexity index is 456. The van der Waals surface area contributed by atoms with Gasteiger partial charge in [-0.3, -0.25) is 0 Å². The van der Waals surface area contributed by atoms with E-state index in [1.807, 2.05) is 0 Å². The van der Waals surface area contributed by atoms with E-state index < -0.39 is 17.9 Å². The summed E-state index contributed by atoms with van der Waals surface area (Å²) in [5.74, 6) is -1.80. The summed E-state index contributed by atoms with van der Waals surface area (Å²) in [6, 6.07) is 6.59. The summed E-state index contributed by atoms with van der Waals surface area (Å²) < 4.78 is 40.8. The molecule has 0 saturated carbocycles. The Morgan fingerprint density at radius 3 is 2.56 bits per heavy atom. The first kappa shape index (κ1) is 14.6. The first-order valence-corrected chi connectivity index (χ1v) is 6.04. The van der Waals surface area contributed by atoms with Crippen molar-refractivity contribution in [1.82, 2.24) is 0 Å². The molecule has 0 radical (unpaired) electrons. The average molecular weight is 276 g/mol. The number of ether oxygens (including phenoxy) is 1. The second kappa shape index (κ2) is 7.10. The summed E-state index contributed by atoms with van der Waals surface area (Å²) in [7, 11) is 1.25. The Morgan fingerprint density at radius 1 is 1.28 bits per heavy atom. The second-order valence-electron chi connectivity index (χ2n) is 3.25. The van der Waals surface area contributed by atoms with E-state index in [4.69, 9.17) is 0 Å². The SMILES string of the molecule is COC(=O)c1ccccc1SCCC(F)=C(F)F. The zero-order valence-electron chi connectivity index (χ0n) is 9.58. The minimum absolute atomic E-state index is 0.122. The summed E-state index contributed by atoms with van der Waals surface area (Å²) in [6.07, 6.45) is -2.67. The quantitative estimate of drug-likeness (QED) is 0.600. The number of rotatable bonds is 5. The highest BCUT2D eigenvalue weighted by atomic mass is 32.2. The average Bonchev–Trinajstić information content (AvgIpc) is 2.38. The largest absolute Gasteiger partial charge is 0.465 e. The van der Waals surface area contributed by atoms with Crippen LogP contribution in [-0.2, 0) is 4.74 Å². The second-order valence-corrected chi connectivity index (χ2v) is 4.39. The van der Waals surface area contributed by atoms with Gasteiger partial charge in [0, 0.05) is 17.1 Å². The zero-order valence-corrected chi connectivity index (χ0v) is 10.4. The molecule has 1 aromatic rings. The van der Waals surface area contributed by atoms with Crippen molar-refractivity contribution < 1.29 is 22.7 Å². The number of hydrogen-bond acceptors (Lipinski definition) is 3. The van der Waals surface area contributed by atoms with Gasteiger partial charge in [-0.25, -0.2) is 9.18 Å². The van der Waals surface area contributed by atoms with Crippen LogP contribution in [0, 0.1) is 0 Å². The Morgan fingerprint density at radius 2 is 1.94 bits per heavy atom. The maximum absolute atomic E-state index is 12.6. The molecule has 0 N–H and O–H groups in total. The molecule has 0 amide bonds. The lowest BCUT2D eigenvalue weighted by molar-refractivity contribution is 0.0597. The molecule has 18 heavy (non-hydrogen) atoms. The van der Waals surface area contributed by atoms with Gasteiger partial charge < -0.3 is 4.74 Å². The topological polar surface area (TPSA) is 26.3 Å². The van der Waals surface area contributed by atoms with Crippen LogP contribution in [0.25, 0.3) is 0 Å². The van der Waals surface area contributed by atoms with Crippen LogP contribution in [0.15, 0.2) is 41.1 Å². The molecule has 0 aliphatic heterocycles. The minimum Gasteiger partial charge on any atom is -0.465 e. The van der Waals surface area contributed by atoms with Crippen LogP contribution in [0.5, 0.6) is 0 Å². The number of carbonyl (C=O) groups is 1. The van der Waals surface area contributed by atoms with Gasteiger partial charge in [0.1, 0.15) is 0 Å². The highest BCUT2D eigenvalue weighted by Crippen LogP contribution is 2.26. The summed E-state index contributed by atoms with van der Waals surface area (Å²) >= 11 is 1.13. The van der Waals surface area contributed by atoms with Gasteiger partial charge in [-0.05, 0) is 12.1 Å². The van der Waals surface area contributed by atoms with Crippen LogP contribution in [0.1, 0.15) is 16.8 Å². The molecule has 0 aliphatic carbocycles. The van der Waals surface area contributed by atoms with Crippen LogP contribution < -0.4 is 0 Å². The lowest BCUT2D eigenvalue weighted by Gasteiger charge is -2.06. The fraction of sp³-hybridized carbons (Fsp3) is 0.250. The van der Waals surface area contributed by atoms with E-state index in [0.717, 1.165) is 11.8 Å². The molecule has 0 aromatic heterocycles. The Hall–Kier alpha value is -1.43. The van der Waals surface area contributed by atoms with Gasteiger partial charge in [0.15, 0.2) is 5.83 Å². The van der Waals surface area contributed by atoms with Crippen molar-refractivity contribution >= 4 is 17.7 Å². The lowest BCUT2D eigenvalue weighted by Crippen LogP contribution is -2.02. The third kappa shape index (κ3) is 4.10. The van der Waals surface area contributed by atoms with Crippen molar-refractivity contribution in [2.75, 3.05) is 12.9 Å². The number of allylic oxidation sites excluding steroid dienone is 1. The normalized spacial score (nSPS) is 10.0. The van der Waals surface area contributed by atoms with E-state index in [0.29, 0.717) is 10.5 Å². The third-order valence-electron chi connectivity index (χ3n) is 2.08. The molecular formula is C12H11F3O2S. The van der Waals surface area contributed by atoms with E-state index in [1.54, 1.807) is 24.3 Å². The van der Waals surface area contributed by atoms with Gasteiger partial charge in [0.25, 0.3) is 0 Å². The van der Waals surface area contributed by atoms with Crippen LogP contribution in [0.2, 0.25) is 0 Å². The van der Waals surface area contributed by atoms with Crippen LogP contribution in [0.3, 0.4) is 0 Å². The van der Waals surface area contributed by atoms with E-state index in [1.165, 1.54) is 7.11 Å². The number of halogens is 3. The summed E-state index contributed by atoms with van der Waals surface area (Å²) in [5, 5.41) is 0. The predicted octanol–water partition coefficient (Wildman–Crippen LogP) is 4.03. The number of carbonyl (C=O) groups excluding carboxylic acids is 1. The number of thioether (sulfide) groups is 1. The van der Waals surface area contributed by atoms with E-state index in [2.05, 4.69) is 4.74 Å². The molecule has 0 heterocycles. The van der Waals surface area contributed by atoms with Crippen molar-refractivity contribution in [2.24, 2.45) is 0 Å². The number of methoxy groups -OCH3 is 1. The van der Waals surface area contributed by atoms with Gasteiger partial charge >= 0.3 is 12.0 Å². The minimum atomic E-state index is -2.29. The van der Waals surface area contributed by atoms with Crippen molar-refractivity contribution in [3.63, 3.8) is 0 Å². The molecule has 0 unspecified atom stereocenters. The summed E-state index contributed by atoms with van der Waals surface area (Å²) in [4.78, 5) is 12.0. The fourth-order valence-corrected chi connectivity index (χ4v) is 2.20. The number of hydrogen-bond donors (Lipinski definition) is 0. The molecular weight excluding hydrogens is 265 g/mol. The van der Waals surface area contributed by atoms with Gasteiger partial charge in [-0.1, -0.05) is 12.1 Å². The van der Waals surface area contributed by atoms with Crippen LogP contribution in [-0.4, -0.2) is 18.8 Å². The van der Waals surface area contributed by atoms with Crippen molar-refractivity contribution in [1.29, 1.82) is 0 Å². The highest BCUT2D eigenvalue weighted by Gasteiger charge is 2.12. The molecule has 0 saturated heterocycles. The Balaban J connectivity index is 2.68. The fourth-order valence-electron chi connectivity index (χ4n) is 1.22. The molecule has 0 bridgehead atoms. The summed E-state index contributed by atoms with van der Waals surface area (Å²) in [6.45, 7) is 0. The number of benzene rings is 1. The van der Waals surface area contributed by atoms with E-state index in [9.17, 15) is 18.0 Å². The van der Waals surface area contributed by atoms with Gasteiger partial charge in [0.05, 0.1) is 12.7 Å². The first-order valence-electron chi connectivity index (χ1n) is 5.06. The van der Waals surface area contributed by atoms with Crippen molar-refractivity contribution in [3.05, 3.63) is 41.7 Å². The standard InChI is InChI=1S/C12H11F3O2S/c1-17-12(16)8-4-2-3-5-10(8)18-7-6-9(13)11(14)15/h2-5H,6-7H2,1H3. The van der Waals surface area contributed by atoms with Crippen LogP contribution >= 0.6 is 11.8 Å². The zero-order chi connectivity index (χ0) is 13.5. The van der Waals surface area contributed by atoms with E-state index in [-0.39, 0.29) is 12.2 Å². The third-order valence-corrected chi connectivity index (χ3v) is 3.15. The summed E-state index contributed by atoms with van der Waals surface area (Å²) in [5.41, 5.74) is 0.343. The molecule has 0 atom stereocenters. The predicted molar refractivity (Wildman–Crippen MR) is 63.5 cm³/mol. The maximum atomic E-state index is 12.6. The van der Waals surface area contributed by atoms with Crippen molar-refractivity contribution in [2.45, 2.75) is 11.3 Å². The van der Waals surface area contributed by atoms with Crippen molar-refractivity contribution in [3.8, 4) is 0 Å². The molecule has 0 fully saturated rings. The van der Waals surface area contributed by atoms with Gasteiger partial charge in [-0.2, -0.15) is 8.78 Å². The molecule has 0 aliphatic rings. The Kier molecular flexibility index (Phi) is 5.77. The smallest absolute Gasteiger partial charge is 0.338 e. The monoisotopic (exact) mass is 276 g/mol. The van der Waals surface area contributed by atoms with Gasteiger partial charge in [0.2, 0.25) is 0 Å². The molecule has 2 nitrogen and oxygen atoms in total. The first-order chi connectivity index (χ1) is 8.56. The lowest BCUT2D eigenvalue weighted by atomic mass is 10.2. The van der Waals surface area contributed by atoms with Gasteiger partial charge in [-0.15, -0.1) is 11.8 Å². The molecule has 1 aromatic carbocycles. The van der Waals surface area contributed by atoms with Crippen LogP contribution in [0.4, 0.5) is 13.2 Å². The number of esters is 1. The van der Waals surface area contributed by atoms with E-state index >= 15 is 0 Å².